The minimum absolute atomic E-state index is 0.0407. The maximum absolute atomic E-state index is 12.6. The van der Waals surface area contributed by atoms with Crippen molar-refractivity contribution in [2.45, 2.75) is 18.9 Å². The molecule has 1 saturated heterocycles. The van der Waals surface area contributed by atoms with Crippen molar-refractivity contribution in [3.63, 3.8) is 0 Å². The molecule has 1 N–H and O–H groups in total. The second kappa shape index (κ2) is 5.09. The molecule has 1 aliphatic carbocycles. The SMILES string of the molecule is COc1ccc(Br)c(N2CC(=O)NC(C3CC3)C2=O)c1. The summed E-state index contributed by atoms with van der Waals surface area (Å²) in [5.41, 5.74) is 0.676. The molecule has 6 heteroatoms. The van der Waals surface area contributed by atoms with Gasteiger partial charge in [0.15, 0.2) is 0 Å². The summed E-state index contributed by atoms with van der Waals surface area (Å²) in [7, 11) is 1.57. The highest BCUT2D eigenvalue weighted by atomic mass is 79.9. The number of nitrogens with zero attached hydrogens (tertiary/aromatic N) is 1. The lowest BCUT2D eigenvalue weighted by molar-refractivity contribution is -0.131. The van der Waals surface area contributed by atoms with Crippen LogP contribution in [0.3, 0.4) is 0 Å². The summed E-state index contributed by atoms with van der Waals surface area (Å²) in [6.07, 6.45) is 2.01. The molecule has 1 saturated carbocycles. The van der Waals surface area contributed by atoms with Crippen LogP contribution >= 0.6 is 15.9 Å². The topological polar surface area (TPSA) is 58.6 Å². The number of methoxy groups -OCH3 is 1. The Morgan fingerprint density at radius 1 is 1.35 bits per heavy atom. The van der Waals surface area contributed by atoms with Crippen LogP contribution < -0.4 is 15.0 Å². The van der Waals surface area contributed by atoms with Gasteiger partial charge < -0.3 is 10.1 Å². The molecule has 0 spiro atoms. The van der Waals surface area contributed by atoms with Crippen LogP contribution in [0.1, 0.15) is 12.8 Å². The Hall–Kier alpha value is -1.56. The van der Waals surface area contributed by atoms with Gasteiger partial charge in [0, 0.05) is 10.5 Å². The van der Waals surface area contributed by atoms with E-state index in [-0.39, 0.29) is 24.4 Å². The minimum Gasteiger partial charge on any atom is -0.497 e. The predicted octanol–water partition coefficient (Wildman–Crippen LogP) is 1.70. The van der Waals surface area contributed by atoms with Crippen LogP contribution in [0.2, 0.25) is 0 Å². The van der Waals surface area contributed by atoms with Crippen molar-refractivity contribution in [1.29, 1.82) is 0 Å². The maximum Gasteiger partial charge on any atom is 0.250 e. The number of amides is 2. The van der Waals surface area contributed by atoms with E-state index in [1.807, 2.05) is 6.07 Å². The summed E-state index contributed by atoms with van der Waals surface area (Å²) in [6, 6.07) is 5.01. The Bertz CT molecular complexity index is 572. The van der Waals surface area contributed by atoms with Crippen LogP contribution in [-0.4, -0.2) is 31.5 Å². The third-order valence-electron chi connectivity index (χ3n) is 3.69. The molecule has 1 aromatic carbocycles. The van der Waals surface area contributed by atoms with Crippen LogP contribution in [0, 0.1) is 5.92 Å². The van der Waals surface area contributed by atoms with E-state index in [4.69, 9.17) is 4.74 Å². The molecule has 106 valence electrons. The van der Waals surface area contributed by atoms with Gasteiger partial charge >= 0.3 is 0 Å². The van der Waals surface area contributed by atoms with Gasteiger partial charge in [-0.3, -0.25) is 14.5 Å². The first-order valence-electron chi connectivity index (χ1n) is 6.54. The summed E-state index contributed by atoms with van der Waals surface area (Å²) in [5.74, 6) is 0.792. The predicted molar refractivity (Wildman–Crippen MR) is 77.7 cm³/mol. The number of hydrogen-bond donors (Lipinski definition) is 1. The Kier molecular flexibility index (Phi) is 3.41. The highest BCUT2D eigenvalue weighted by Gasteiger charge is 2.43. The molecule has 20 heavy (non-hydrogen) atoms. The van der Waals surface area contributed by atoms with Gasteiger partial charge in [-0.1, -0.05) is 0 Å². The first-order valence-corrected chi connectivity index (χ1v) is 7.33. The third-order valence-corrected chi connectivity index (χ3v) is 4.36. The molecule has 3 rings (SSSR count). The maximum atomic E-state index is 12.6. The second-order valence-corrected chi connectivity index (χ2v) is 5.98. The van der Waals surface area contributed by atoms with E-state index in [0.717, 1.165) is 17.3 Å². The van der Waals surface area contributed by atoms with E-state index < -0.39 is 0 Å². The summed E-state index contributed by atoms with van der Waals surface area (Å²) in [4.78, 5) is 25.9. The lowest BCUT2D eigenvalue weighted by Gasteiger charge is -2.33. The number of hydrogen-bond acceptors (Lipinski definition) is 3. The summed E-state index contributed by atoms with van der Waals surface area (Å²) < 4.78 is 5.96. The van der Waals surface area contributed by atoms with E-state index in [1.165, 1.54) is 4.90 Å². The van der Waals surface area contributed by atoms with E-state index in [9.17, 15) is 9.59 Å². The van der Waals surface area contributed by atoms with Crippen LogP contribution in [0.15, 0.2) is 22.7 Å². The first-order chi connectivity index (χ1) is 9.60. The lowest BCUT2D eigenvalue weighted by Crippen LogP contribution is -2.59. The van der Waals surface area contributed by atoms with E-state index in [1.54, 1.807) is 19.2 Å². The fourth-order valence-corrected chi connectivity index (χ4v) is 2.91. The number of anilines is 1. The van der Waals surface area contributed by atoms with Gasteiger partial charge in [-0.25, -0.2) is 0 Å². The minimum atomic E-state index is -0.380. The molecule has 1 heterocycles. The van der Waals surface area contributed by atoms with Crippen molar-refractivity contribution < 1.29 is 14.3 Å². The molecule has 0 radical (unpaired) electrons. The van der Waals surface area contributed by atoms with Crippen molar-refractivity contribution in [2.75, 3.05) is 18.6 Å². The van der Waals surface area contributed by atoms with E-state index >= 15 is 0 Å². The number of halogens is 1. The van der Waals surface area contributed by atoms with Crippen molar-refractivity contribution >= 4 is 33.4 Å². The average Bonchev–Trinajstić information content (AvgIpc) is 3.26. The zero-order chi connectivity index (χ0) is 14.3. The largest absolute Gasteiger partial charge is 0.497 e. The van der Waals surface area contributed by atoms with Crippen LogP contribution in [0.25, 0.3) is 0 Å². The van der Waals surface area contributed by atoms with Gasteiger partial charge in [0.25, 0.3) is 0 Å². The monoisotopic (exact) mass is 338 g/mol. The van der Waals surface area contributed by atoms with Gasteiger partial charge in [-0.05, 0) is 46.8 Å². The van der Waals surface area contributed by atoms with Crippen LogP contribution in [0.4, 0.5) is 5.69 Å². The fraction of sp³-hybridized carbons (Fsp3) is 0.429. The molecular formula is C14H15BrN2O3. The Labute approximate surface area is 125 Å². The average molecular weight is 339 g/mol. The lowest BCUT2D eigenvalue weighted by atomic mass is 10.1. The van der Waals surface area contributed by atoms with Gasteiger partial charge in [0.1, 0.15) is 18.3 Å². The fourth-order valence-electron chi connectivity index (χ4n) is 2.45. The van der Waals surface area contributed by atoms with Gasteiger partial charge in [-0.2, -0.15) is 0 Å². The number of benzene rings is 1. The molecule has 2 fully saturated rings. The highest BCUT2D eigenvalue weighted by molar-refractivity contribution is 9.10. The molecule has 1 aliphatic heterocycles. The number of ether oxygens (including phenoxy) is 1. The zero-order valence-corrected chi connectivity index (χ0v) is 12.6. The smallest absolute Gasteiger partial charge is 0.250 e. The quantitative estimate of drug-likeness (QED) is 0.912. The molecule has 0 aromatic heterocycles. The van der Waals surface area contributed by atoms with Crippen LogP contribution in [0.5, 0.6) is 5.75 Å². The van der Waals surface area contributed by atoms with Gasteiger partial charge in [-0.15, -0.1) is 0 Å². The molecular weight excluding hydrogens is 324 g/mol. The summed E-state index contributed by atoms with van der Waals surface area (Å²) in [6.45, 7) is 0.0494. The molecule has 1 aromatic rings. The zero-order valence-electron chi connectivity index (χ0n) is 11.1. The van der Waals surface area contributed by atoms with E-state index in [2.05, 4.69) is 21.2 Å². The van der Waals surface area contributed by atoms with E-state index in [0.29, 0.717) is 17.4 Å². The normalized spacial score (nSPS) is 22.7. The number of carbonyl (C=O) groups excluding carboxylic acids is 2. The first kappa shape index (κ1) is 13.4. The number of nitrogens with one attached hydrogen (secondary N) is 1. The van der Waals surface area contributed by atoms with Crippen molar-refractivity contribution in [1.82, 2.24) is 5.32 Å². The van der Waals surface area contributed by atoms with Crippen molar-refractivity contribution in [2.24, 2.45) is 5.92 Å². The summed E-state index contributed by atoms with van der Waals surface area (Å²) in [5, 5.41) is 2.80. The molecule has 1 atom stereocenters. The highest BCUT2D eigenvalue weighted by Crippen LogP contribution is 2.37. The molecule has 1 unspecified atom stereocenters. The molecule has 5 nitrogen and oxygen atoms in total. The van der Waals surface area contributed by atoms with Crippen molar-refractivity contribution in [3.05, 3.63) is 22.7 Å². The number of rotatable bonds is 3. The Morgan fingerprint density at radius 3 is 2.75 bits per heavy atom. The van der Waals surface area contributed by atoms with Gasteiger partial charge in [0.2, 0.25) is 11.8 Å². The Balaban J connectivity index is 1.94. The second-order valence-electron chi connectivity index (χ2n) is 5.12. The standard InChI is InChI=1S/C14H15BrN2O3/c1-20-9-4-5-10(15)11(6-9)17-7-12(18)16-13(14(17)19)8-2-3-8/h4-6,8,13H,2-3,7H2,1H3,(H,16,18). The molecule has 0 bridgehead atoms. The molecule has 2 aliphatic rings. The molecule has 2 amide bonds. The number of carbonyl (C=O) groups is 2. The van der Waals surface area contributed by atoms with Crippen molar-refractivity contribution in [3.8, 4) is 5.75 Å². The summed E-state index contributed by atoms with van der Waals surface area (Å²) >= 11 is 3.43. The number of piperazine rings is 1. The van der Waals surface area contributed by atoms with Gasteiger partial charge in [0.05, 0.1) is 12.8 Å². The third kappa shape index (κ3) is 2.40. The Morgan fingerprint density at radius 2 is 2.10 bits per heavy atom. The van der Waals surface area contributed by atoms with Crippen LogP contribution in [-0.2, 0) is 9.59 Å².